The number of rotatable bonds is 4. The number of methoxy groups -OCH3 is 1. The van der Waals surface area contributed by atoms with Gasteiger partial charge in [0.1, 0.15) is 11.7 Å². The smallest absolute Gasteiger partial charge is 0.437 e. The maximum atomic E-state index is 13.9. The lowest BCUT2D eigenvalue weighted by atomic mass is 9.77. The third-order valence-electron chi connectivity index (χ3n) is 4.69. The van der Waals surface area contributed by atoms with E-state index < -0.39 is 35.7 Å². The molecule has 3 N–H and O–H groups in total. The Bertz CT molecular complexity index is 936. The van der Waals surface area contributed by atoms with Crippen molar-refractivity contribution in [1.82, 2.24) is 10.6 Å². The zero-order valence-electron chi connectivity index (χ0n) is 15.0. The minimum Gasteiger partial charge on any atom is -0.496 e. The molecule has 29 heavy (non-hydrogen) atoms. The summed E-state index contributed by atoms with van der Waals surface area (Å²) in [5.41, 5.74) is -3.81. The molecular weight excluding hydrogens is 413 g/mol. The maximum Gasteiger partial charge on any atom is 0.437 e. The number of carbonyl (C=O) groups is 2. The fraction of sp³-hybridized carbons (Fsp3) is 0.263. The van der Waals surface area contributed by atoms with E-state index in [-0.39, 0.29) is 21.9 Å². The number of halogens is 4. The predicted molar refractivity (Wildman–Crippen MR) is 97.7 cm³/mol. The first-order chi connectivity index (χ1) is 13.6. The topological polar surface area (TPSA) is 87.7 Å². The molecule has 1 aliphatic heterocycles. The molecule has 2 aromatic rings. The number of Topliss-reactive ketones (excluding diaryl/α,β-unsaturated/α-hetero) is 1. The van der Waals surface area contributed by atoms with E-state index in [0.717, 1.165) is 0 Å². The van der Waals surface area contributed by atoms with Crippen LogP contribution in [0.2, 0.25) is 5.02 Å². The summed E-state index contributed by atoms with van der Waals surface area (Å²) in [6.45, 7) is 0. The molecule has 0 aliphatic carbocycles. The number of nitrogens with one attached hydrogen (secondary N) is 2. The average molecular weight is 429 g/mol. The predicted octanol–water partition coefficient (Wildman–Crippen LogP) is 3.45. The van der Waals surface area contributed by atoms with Gasteiger partial charge in [0.15, 0.2) is 5.78 Å². The van der Waals surface area contributed by atoms with Gasteiger partial charge in [-0.25, -0.2) is 4.79 Å². The number of aliphatic hydroxyl groups is 1. The largest absolute Gasteiger partial charge is 0.496 e. The number of benzene rings is 2. The monoisotopic (exact) mass is 428 g/mol. The molecule has 1 saturated heterocycles. The van der Waals surface area contributed by atoms with Gasteiger partial charge in [-0.2, -0.15) is 13.2 Å². The second-order valence-corrected chi connectivity index (χ2v) is 6.87. The van der Waals surface area contributed by atoms with E-state index in [1.807, 2.05) is 0 Å². The summed E-state index contributed by atoms with van der Waals surface area (Å²) in [5, 5.41) is 14.6. The molecule has 0 aromatic heterocycles. The van der Waals surface area contributed by atoms with Crippen LogP contribution in [0.5, 0.6) is 5.75 Å². The molecule has 1 fully saturated rings. The molecule has 0 spiro atoms. The molecule has 0 radical (unpaired) electrons. The van der Waals surface area contributed by atoms with Crippen LogP contribution >= 0.6 is 11.6 Å². The summed E-state index contributed by atoms with van der Waals surface area (Å²) in [6.07, 6.45) is -5.34. The van der Waals surface area contributed by atoms with Gasteiger partial charge >= 0.3 is 12.2 Å². The highest BCUT2D eigenvalue weighted by Crippen LogP contribution is 2.45. The average Bonchev–Trinajstić information content (AvgIpc) is 2.66. The zero-order chi connectivity index (χ0) is 21.4. The Morgan fingerprint density at radius 2 is 1.79 bits per heavy atom. The Balaban J connectivity index is 2.20. The lowest BCUT2D eigenvalue weighted by Gasteiger charge is -2.45. The summed E-state index contributed by atoms with van der Waals surface area (Å²) in [6, 6.07) is 8.36. The van der Waals surface area contributed by atoms with Crippen molar-refractivity contribution in [1.29, 1.82) is 0 Å². The molecule has 2 amide bonds. The first-order valence-electron chi connectivity index (χ1n) is 8.39. The number of hydrogen-bond donors (Lipinski definition) is 3. The zero-order valence-corrected chi connectivity index (χ0v) is 15.7. The van der Waals surface area contributed by atoms with Crippen molar-refractivity contribution in [2.24, 2.45) is 5.92 Å². The molecule has 1 aliphatic rings. The Morgan fingerprint density at radius 1 is 1.17 bits per heavy atom. The van der Waals surface area contributed by atoms with E-state index in [4.69, 9.17) is 16.3 Å². The van der Waals surface area contributed by atoms with Crippen LogP contribution in [0.4, 0.5) is 18.0 Å². The number of hydrogen-bond acceptors (Lipinski definition) is 4. The van der Waals surface area contributed by atoms with Gasteiger partial charge in [0, 0.05) is 16.1 Å². The van der Waals surface area contributed by atoms with Crippen molar-refractivity contribution in [3.8, 4) is 5.75 Å². The van der Waals surface area contributed by atoms with Crippen LogP contribution in [0, 0.1) is 5.92 Å². The van der Waals surface area contributed by atoms with E-state index in [0.29, 0.717) is 0 Å². The van der Waals surface area contributed by atoms with Crippen LogP contribution in [0.1, 0.15) is 22.0 Å². The minimum absolute atomic E-state index is 0.111. The highest BCUT2D eigenvalue weighted by molar-refractivity contribution is 6.30. The Morgan fingerprint density at radius 3 is 2.38 bits per heavy atom. The highest BCUT2D eigenvalue weighted by atomic mass is 35.5. The Hall–Kier alpha value is -2.78. The summed E-state index contributed by atoms with van der Waals surface area (Å²) in [7, 11) is 1.30. The van der Waals surface area contributed by atoms with Crippen LogP contribution in [-0.4, -0.2) is 35.9 Å². The van der Waals surface area contributed by atoms with Gasteiger partial charge in [-0.05, 0) is 30.3 Å². The number of carbonyl (C=O) groups excluding carboxylic acids is 2. The third-order valence-corrected chi connectivity index (χ3v) is 4.94. The van der Waals surface area contributed by atoms with Crippen molar-refractivity contribution in [2.45, 2.75) is 17.9 Å². The number of urea groups is 1. The molecule has 6 nitrogen and oxygen atoms in total. The lowest BCUT2D eigenvalue weighted by molar-refractivity contribution is -0.287. The van der Waals surface area contributed by atoms with Gasteiger partial charge in [-0.3, -0.25) is 4.79 Å². The quantitative estimate of drug-likeness (QED) is 0.651. The summed E-state index contributed by atoms with van der Waals surface area (Å²) in [4.78, 5) is 25.1. The number of alkyl halides is 3. The number of para-hydroxylation sites is 1. The molecule has 1 heterocycles. The first-order valence-corrected chi connectivity index (χ1v) is 8.76. The van der Waals surface area contributed by atoms with Crippen LogP contribution in [0.3, 0.4) is 0 Å². The van der Waals surface area contributed by atoms with E-state index in [9.17, 15) is 27.9 Å². The van der Waals surface area contributed by atoms with Gasteiger partial charge in [0.25, 0.3) is 0 Å². The van der Waals surface area contributed by atoms with E-state index in [1.54, 1.807) is 6.07 Å². The number of amides is 2. The van der Waals surface area contributed by atoms with Crippen LogP contribution in [-0.2, 0) is 0 Å². The van der Waals surface area contributed by atoms with Crippen molar-refractivity contribution in [3.63, 3.8) is 0 Å². The normalized spacial score (nSPS) is 24.4. The van der Waals surface area contributed by atoms with Gasteiger partial charge in [0.2, 0.25) is 5.72 Å². The van der Waals surface area contributed by atoms with E-state index in [2.05, 4.69) is 5.32 Å². The molecule has 0 saturated carbocycles. The number of ether oxygens (including phenoxy) is 1. The van der Waals surface area contributed by atoms with Crippen molar-refractivity contribution < 1.29 is 32.6 Å². The molecule has 154 valence electrons. The number of ketones is 1. The Kier molecular flexibility index (Phi) is 5.46. The van der Waals surface area contributed by atoms with Crippen molar-refractivity contribution >= 4 is 23.4 Å². The fourth-order valence-corrected chi connectivity index (χ4v) is 3.44. The molecule has 3 rings (SSSR count). The van der Waals surface area contributed by atoms with Crippen molar-refractivity contribution in [3.05, 3.63) is 64.7 Å². The molecule has 0 bridgehead atoms. The lowest BCUT2D eigenvalue weighted by Crippen LogP contribution is -2.72. The summed E-state index contributed by atoms with van der Waals surface area (Å²) < 4.78 is 46.8. The molecule has 10 heteroatoms. The van der Waals surface area contributed by atoms with Gasteiger partial charge in [-0.15, -0.1) is 0 Å². The summed E-state index contributed by atoms with van der Waals surface area (Å²) >= 11 is 5.79. The van der Waals surface area contributed by atoms with Gasteiger partial charge < -0.3 is 20.5 Å². The molecular formula is C19H16ClF3N2O4. The van der Waals surface area contributed by atoms with Gasteiger partial charge in [-0.1, -0.05) is 29.8 Å². The minimum atomic E-state index is -5.34. The van der Waals surface area contributed by atoms with E-state index in [1.165, 1.54) is 54.9 Å². The third kappa shape index (κ3) is 3.75. The second-order valence-electron chi connectivity index (χ2n) is 6.43. The van der Waals surface area contributed by atoms with Gasteiger partial charge in [0.05, 0.1) is 13.2 Å². The fourth-order valence-electron chi connectivity index (χ4n) is 3.32. The standard InChI is InChI=1S/C19H16ClF3N2O4/c1-29-13-5-3-2-4-12(13)15-14(16(26)10-6-8-11(20)9-7-10)18(28,19(21,22)23)25-17(27)24-15/h2-9,14-15,28H,1H3,(H2,24,25,27)/t14-,15+,18+/m1/s1. The molecule has 0 unspecified atom stereocenters. The van der Waals surface area contributed by atoms with E-state index >= 15 is 0 Å². The Labute approximate surface area is 168 Å². The van der Waals surface area contributed by atoms with Crippen LogP contribution in [0.15, 0.2) is 48.5 Å². The van der Waals surface area contributed by atoms with Crippen LogP contribution < -0.4 is 15.4 Å². The first kappa shape index (κ1) is 20.9. The van der Waals surface area contributed by atoms with Crippen LogP contribution in [0.25, 0.3) is 0 Å². The SMILES string of the molecule is COc1ccccc1[C@@H]1NC(=O)N[C@@](O)(C(F)(F)F)[C@H]1C(=O)c1ccc(Cl)cc1. The molecule has 3 atom stereocenters. The second kappa shape index (κ2) is 7.57. The van der Waals surface area contributed by atoms with Crippen molar-refractivity contribution in [2.75, 3.05) is 7.11 Å². The highest BCUT2D eigenvalue weighted by Gasteiger charge is 2.66. The summed E-state index contributed by atoms with van der Waals surface area (Å²) in [5.74, 6) is -3.03. The maximum absolute atomic E-state index is 13.9. The molecule has 2 aromatic carbocycles.